The van der Waals surface area contributed by atoms with Crippen LogP contribution in [0.15, 0.2) is 6.20 Å². The number of nitrogens with one attached hydrogen (secondary N) is 1. The summed E-state index contributed by atoms with van der Waals surface area (Å²) in [6.07, 6.45) is 7.81. The number of carbonyl (C=O) groups excluding carboxylic acids is 2. The van der Waals surface area contributed by atoms with Crippen LogP contribution in [0.2, 0.25) is 0 Å². The Morgan fingerprint density at radius 1 is 1.43 bits per heavy atom. The highest BCUT2D eigenvalue weighted by molar-refractivity contribution is 7.15. The van der Waals surface area contributed by atoms with Gasteiger partial charge in [-0.05, 0) is 12.8 Å². The average molecular weight is 337 g/mol. The van der Waals surface area contributed by atoms with Gasteiger partial charge in [0.05, 0.1) is 17.4 Å². The van der Waals surface area contributed by atoms with Crippen LogP contribution < -0.4 is 5.32 Å². The average Bonchev–Trinajstić information content (AvgIpc) is 3.15. The topological polar surface area (TPSA) is 71.5 Å². The van der Waals surface area contributed by atoms with Crippen molar-refractivity contribution in [2.75, 3.05) is 19.0 Å². The van der Waals surface area contributed by atoms with Crippen molar-refractivity contribution in [2.24, 2.45) is 5.92 Å². The minimum absolute atomic E-state index is 0.102. The van der Waals surface area contributed by atoms with Crippen molar-refractivity contribution in [1.29, 1.82) is 0 Å². The summed E-state index contributed by atoms with van der Waals surface area (Å²) in [4.78, 5) is 31.7. The van der Waals surface area contributed by atoms with Crippen molar-refractivity contribution in [3.63, 3.8) is 0 Å². The van der Waals surface area contributed by atoms with Crippen LogP contribution >= 0.6 is 11.3 Å². The summed E-state index contributed by atoms with van der Waals surface area (Å²) in [5.74, 6) is -0.245. The maximum atomic E-state index is 12.4. The third-order valence-electron chi connectivity index (χ3n) is 4.62. The second-order valence-corrected chi connectivity index (χ2v) is 7.41. The normalized spacial score (nSPS) is 22.6. The summed E-state index contributed by atoms with van der Waals surface area (Å²) in [7, 11) is 1.63. The molecule has 1 aliphatic carbocycles. The lowest BCUT2D eigenvalue weighted by molar-refractivity contribution is -0.130. The van der Waals surface area contributed by atoms with E-state index in [1.165, 1.54) is 30.6 Å². The van der Waals surface area contributed by atoms with Gasteiger partial charge in [0.2, 0.25) is 11.8 Å². The molecule has 1 aliphatic heterocycles. The number of ether oxygens (including phenoxy) is 1. The molecule has 126 valence electrons. The summed E-state index contributed by atoms with van der Waals surface area (Å²) in [5, 5.41) is 3.42. The lowest BCUT2D eigenvalue weighted by Crippen LogP contribution is -2.38. The molecule has 23 heavy (non-hydrogen) atoms. The number of rotatable bonds is 5. The smallest absolute Gasteiger partial charge is 0.231 e. The number of nitrogens with zero attached hydrogens (tertiary/aromatic N) is 2. The predicted molar refractivity (Wildman–Crippen MR) is 88.1 cm³/mol. The van der Waals surface area contributed by atoms with Gasteiger partial charge in [0.1, 0.15) is 0 Å². The first-order valence-electron chi connectivity index (χ1n) is 8.21. The Kier molecular flexibility index (Phi) is 5.27. The fourth-order valence-electron chi connectivity index (χ4n) is 3.43. The molecule has 2 fully saturated rings. The fraction of sp³-hybridized carbons (Fsp3) is 0.688. The van der Waals surface area contributed by atoms with Gasteiger partial charge < -0.3 is 15.0 Å². The molecule has 0 bridgehead atoms. The molecular weight excluding hydrogens is 314 g/mol. The monoisotopic (exact) mass is 337 g/mol. The molecule has 0 spiro atoms. The van der Waals surface area contributed by atoms with Gasteiger partial charge >= 0.3 is 0 Å². The largest absolute Gasteiger partial charge is 0.379 e. The van der Waals surface area contributed by atoms with Crippen LogP contribution in [-0.2, 0) is 20.9 Å². The highest BCUT2D eigenvalue weighted by Crippen LogP contribution is 2.29. The zero-order chi connectivity index (χ0) is 16.2. The standard InChI is InChI=1S/C16H23N3O3S/c1-22-10-13-8-17-16(23-13)18-15(21)11-7-14(20)19(9-11)12-5-3-2-4-6-12/h8,11-12H,2-7,9-10H2,1H3,(H,17,18,21). The molecule has 1 N–H and O–H groups in total. The van der Waals surface area contributed by atoms with Crippen molar-refractivity contribution >= 4 is 28.3 Å². The van der Waals surface area contributed by atoms with E-state index in [1.54, 1.807) is 13.3 Å². The van der Waals surface area contributed by atoms with Crippen LogP contribution in [0, 0.1) is 5.92 Å². The molecule has 1 aromatic heterocycles. The van der Waals surface area contributed by atoms with E-state index >= 15 is 0 Å². The first-order valence-corrected chi connectivity index (χ1v) is 9.03. The fourth-order valence-corrected chi connectivity index (χ4v) is 4.22. The van der Waals surface area contributed by atoms with Crippen LogP contribution in [0.3, 0.4) is 0 Å². The van der Waals surface area contributed by atoms with Gasteiger partial charge in [-0.25, -0.2) is 4.98 Å². The maximum absolute atomic E-state index is 12.4. The molecule has 2 amide bonds. The SMILES string of the molecule is COCc1cnc(NC(=O)C2CC(=O)N(C3CCCCC3)C2)s1. The van der Waals surface area contributed by atoms with E-state index < -0.39 is 0 Å². The Hall–Kier alpha value is -1.47. The second kappa shape index (κ2) is 7.40. The second-order valence-electron chi connectivity index (χ2n) is 6.29. The number of hydrogen-bond acceptors (Lipinski definition) is 5. The zero-order valence-corrected chi connectivity index (χ0v) is 14.2. The van der Waals surface area contributed by atoms with Crippen LogP contribution in [-0.4, -0.2) is 41.4 Å². The van der Waals surface area contributed by atoms with E-state index in [9.17, 15) is 9.59 Å². The zero-order valence-electron chi connectivity index (χ0n) is 13.4. The lowest BCUT2D eigenvalue weighted by Gasteiger charge is -2.31. The molecule has 1 atom stereocenters. The minimum Gasteiger partial charge on any atom is -0.379 e. The van der Waals surface area contributed by atoms with Crippen LogP contribution in [0.1, 0.15) is 43.4 Å². The molecule has 0 radical (unpaired) electrons. The number of hydrogen-bond donors (Lipinski definition) is 1. The van der Waals surface area contributed by atoms with Crippen LogP contribution in [0.25, 0.3) is 0 Å². The van der Waals surface area contributed by atoms with E-state index in [0.717, 1.165) is 17.7 Å². The summed E-state index contributed by atoms with van der Waals surface area (Å²) in [6.45, 7) is 1.04. The summed E-state index contributed by atoms with van der Waals surface area (Å²) in [6, 6.07) is 0.335. The Labute approximate surface area is 140 Å². The summed E-state index contributed by atoms with van der Waals surface area (Å²) >= 11 is 1.41. The molecule has 6 nitrogen and oxygen atoms in total. The van der Waals surface area contributed by atoms with Crippen molar-refractivity contribution < 1.29 is 14.3 Å². The summed E-state index contributed by atoms with van der Waals surface area (Å²) < 4.78 is 5.05. The molecule has 7 heteroatoms. The van der Waals surface area contributed by atoms with Gasteiger partial charge in [-0.3, -0.25) is 9.59 Å². The van der Waals surface area contributed by atoms with Crippen LogP contribution in [0.4, 0.5) is 5.13 Å². The van der Waals surface area contributed by atoms with Gasteiger partial charge in [-0.2, -0.15) is 0 Å². The van der Waals surface area contributed by atoms with Gasteiger partial charge in [-0.1, -0.05) is 30.6 Å². The van der Waals surface area contributed by atoms with Crippen molar-refractivity contribution in [1.82, 2.24) is 9.88 Å². The number of likely N-dealkylation sites (tertiary alicyclic amines) is 1. The molecule has 2 heterocycles. The molecule has 2 aliphatic rings. The molecular formula is C16H23N3O3S. The summed E-state index contributed by atoms with van der Waals surface area (Å²) in [5.41, 5.74) is 0. The number of aromatic nitrogens is 1. The predicted octanol–water partition coefficient (Wildman–Crippen LogP) is 2.41. The number of amides is 2. The van der Waals surface area contributed by atoms with E-state index in [-0.39, 0.29) is 17.7 Å². The molecule has 1 unspecified atom stereocenters. The molecule has 0 aromatic carbocycles. The number of carbonyl (C=O) groups is 2. The minimum atomic E-state index is -0.265. The molecule has 1 saturated heterocycles. The van der Waals surface area contributed by atoms with Crippen LogP contribution in [0.5, 0.6) is 0 Å². The van der Waals surface area contributed by atoms with E-state index in [4.69, 9.17) is 4.74 Å². The molecule has 1 saturated carbocycles. The Morgan fingerprint density at radius 2 is 2.22 bits per heavy atom. The molecule has 3 rings (SSSR count). The number of methoxy groups -OCH3 is 1. The third-order valence-corrected chi connectivity index (χ3v) is 5.50. The van der Waals surface area contributed by atoms with Crippen molar-refractivity contribution in [3.05, 3.63) is 11.1 Å². The van der Waals surface area contributed by atoms with Crippen molar-refractivity contribution in [2.45, 2.75) is 51.2 Å². The lowest BCUT2D eigenvalue weighted by atomic mass is 9.94. The number of thiazole rings is 1. The van der Waals surface area contributed by atoms with E-state index in [1.807, 2.05) is 4.90 Å². The van der Waals surface area contributed by atoms with E-state index in [0.29, 0.717) is 30.7 Å². The highest BCUT2D eigenvalue weighted by atomic mass is 32.1. The Bertz CT molecular complexity index is 569. The quantitative estimate of drug-likeness (QED) is 0.895. The van der Waals surface area contributed by atoms with Gasteiger partial charge in [0.25, 0.3) is 0 Å². The van der Waals surface area contributed by atoms with Gasteiger partial charge in [-0.15, -0.1) is 0 Å². The van der Waals surface area contributed by atoms with Gasteiger partial charge in [0, 0.05) is 32.3 Å². The van der Waals surface area contributed by atoms with Gasteiger partial charge in [0.15, 0.2) is 5.13 Å². The maximum Gasteiger partial charge on any atom is 0.231 e. The number of anilines is 1. The first-order chi connectivity index (χ1) is 11.2. The Balaban J connectivity index is 1.56. The highest BCUT2D eigenvalue weighted by Gasteiger charge is 2.38. The molecule has 1 aromatic rings. The Morgan fingerprint density at radius 3 is 2.96 bits per heavy atom. The third kappa shape index (κ3) is 3.90. The van der Waals surface area contributed by atoms with Crippen molar-refractivity contribution in [3.8, 4) is 0 Å². The van der Waals surface area contributed by atoms with E-state index in [2.05, 4.69) is 10.3 Å². The first kappa shape index (κ1) is 16.4.